The minimum absolute atomic E-state index is 0.00384. The lowest BCUT2D eigenvalue weighted by atomic mass is 9.97. The molecule has 1 aliphatic heterocycles. The largest absolute Gasteiger partial charge is 0.493 e. The molecule has 2 rings (SSSR count). The van der Waals surface area contributed by atoms with E-state index in [0.717, 1.165) is 31.7 Å². The Hall–Kier alpha value is -3.92. The fourth-order valence-corrected chi connectivity index (χ4v) is 5.03. The number of esters is 2. The van der Waals surface area contributed by atoms with Crippen LogP contribution in [0.4, 0.5) is 0 Å². The summed E-state index contributed by atoms with van der Waals surface area (Å²) in [5.41, 5.74) is -0.196. The van der Waals surface area contributed by atoms with Crippen molar-refractivity contribution in [2.75, 3.05) is 74.4 Å². The fraction of sp³-hybridized carbons (Fsp3) is 0.600. The summed E-state index contributed by atoms with van der Waals surface area (Å²) in [7, 11) is 6.35. The first-order chi connectivity index (χ1) is 22.3. The van der Waals surface area contributed by atoms with Gasteiger partial charge in [0.05, 0.1) is 53.1 Å². The number of benzene rings is 1. The maximum absolute atomic E-state index is 13.0. The van der Waals surface area contributed by atoms with Gasteiger partial charge in [-0.2, -0.15) is 0 Å². The van der Waals surface area contributed by atoms with Gasteiger partial charge >= 0.3 is 11.9 Å². The van der Waals surface area contributed by atoms with E-state index in [1.165, 1.54) is 19.3 Å². The van der Waals surface area contributed by atoms with Crippen molar-refractivity contribution < 1.29 is 42.8 Å². The lowest BCUT2D eigenvalue weighted by Gasteiger charge is -2.45. The third kappa shape index (κ3) is 12.0. The van der Waals surface area contributed by atoms with Crippen LogP contribution in [-0.4, -0.2) is 119 Å². The molecule has 0 aliphatic carbocycles. The first-order valence-corrected chi connectivity index (χ1v) is 15.7. The number of methoxy groups -OCH3 is 3. The monoisotopic (exact) mass is 657 g/mol. The van der Waals surface area contributed by atoms with Crippen LogP contribution in [0.3, 0.4) is 0 Å². The first kappa shape index (κ1) is 39.3. The lowest BCUT2D eigenvalue weighted by Crippen LogP contribution is -2.57. The minimum Gasteiger partial charge on any atom is -0.493 e. The number of ether oxygens (including phenoxy) is 6. The molecule has 1 aromatic rings. The fourth-order valence-electron chi connectivity index (χ4n) is 5.03. The van der Waals surface area contributed by atoms with Gasteiger partial charge in [-0.3, -0.25) is 24.4 Å². The van der Waals surface area contributed by atoms with Gasteiger partial charge in [-0.15, -0.1) is 6.42 Å². The second-order valence-corrected chi connectivity index (χ2v) is 12.2. The zero-order chi connectivity index (χ0) is 35.0. The Balaban J connectivity index is 1.75. The van der Waals surface area contributed by atoms with Gasteiger partial charge < -0.3 is 28.4 Å². The number of terminal acetylenes is 1. The molecule has 12 nitrogen and oxygen atoms in total. The average molecular weight is 658 g/mol. The number of hydrogen-bond donors (Lipinski definition) is 0. The van der Waals surface area contributed by atoms with Gasteiger partial charge in [0.15, 0.2) is 17.3 Å². The van der Waals surface area contributed by atoms with Crippen molar-refractivity contribution in [2.45, 2.75) is 64.6 Å². The summed E-state index contributed by atoms with van der Waals surface area (Å²) in [5, 5.41) is 0. The smallest absolute Gasteiger partial charge is 0.340 e. The van der Waals surface area contributed by atoms with Crippen LogP contribution in [0.2, 0.25) is 0 Å². The summed E-state index contributed by atoms with van der Waals surface area (Å²) < 4.78 is 33.1. The van der Waals surface area contributed by atoms with Crippen LogP contribution >= 0.6 is 0 Å². The average Bonchev–Trinajstić information content (AvgIpc) is 3.05. The van der Waals surface area contributed by atoms with Gasteiger partial charge in [-0.1, -0.05) is 12.0 Å². The van der Waals surface area contributed by atoms with Crippen molar-refractivity contribution in [1.29, 1.82) is 0 Å². The number of hydrogen-bond acceptors (Lipinski definition) is 12. The van der Waals surface area contributed by atoms with Gasteiger partial charge in [-0.05, 0) is 33.8 Å². The number of Topliss-reactive ketones (excluding diaryl/α,β-unsaturated/α-hetero) is 1. The Kier molecular flexibility index (Phi) is 15.9. The molecule has 1 aliphatic rings. The van der Waals surface area contributed by atoms with Crippen molar-refractivity contribution in [3.8, 4) is 29.6 Å². The van der Waals surface area contributed by atoms with Crippen LogP contribution in [0.5, 0.6) is 17.2 Å². The third-order valence-corrected chi connectivity index (χ3v) is 7.95. The van der Waals surface area contributed by atoms with Gasteiger partial charge in [0.1, 0.15) is 5.60 Å². The molecule has 0 atom stereocenters. The number of rotatable bonds is 19. The molecule has 1 aromatic carbocycles. The molecule has 0 unspecified atom stereocenters. The molecule has 12 heteroatoms. The van der Waals surface area contributed by atoms with E-state index in [-0.39, 0.29) is 43.0 Å². The molecule has 1 saturated heterocycles. The summed E-state index contributed by atoms with van der Waals surface area (Å²) in [5.74, 6) is 2.85. The van der Waals surface area contributed by atoms with E-state index in [0.29, 0.717) is 36.8 Å². The maximum atomic E-state index is 13.0. The highest BCUT2D eigenvalue weighted by molar-refractivity contribution is 6.09. The molecular weight excluding hydrogens is 606 g/mol. The molecule has 1 fully saturated rings. The highest BCUT2D eigenvalue weighted by Gasteiger charge is 2.35. The van der Waals surface area contributed by atoms with E-state index in [1.54, 1.807) is 35.2 Å². The summed E-state index contributed by atoms with van der Waals surface area (Å²) in [6.45, 7) is 12.2. The molecular formula is C35H51N3O9. The number of piperazine rings is 1. The van der Waals surface area contributed by atoms with E-state index in [9.17, 15) is 14.4 Å². The van der Waals surface area contributed by atoms with E-state index in [2.05, 4.69) is 34.6 Å². The molecule has 47 heavy (non-hydrogen) atoms. The van der Waals surface area contributed by atoms with Crippen LogP contribution in [0, 0.1) is 12.3 Å². The Morgan fingerprint density at radius 3 is 2.19 bits per heavy atom. The van der Waals surface area contributed by atoms with Crippen LogP contribution in [-0.2, 0) is 35.1 Å². The molecule has 0 amide bonds. The van der Waals surface area contributed by atoms with Crippen molar-refractivity contribution in [3.63, 3.8) is 0 Å². The number of nitrogens with zero attached hydrogens (tertiary/aromatic N) is 3. The predicted molar refractivity (Wildman–Crippen MR) is 179 cm³/mol. The van der Waals surface area contributed by atoms with E-state index in [4.69, 9.17) is 34.8 Å². The Bertz CT molecular complexity index is 1310. The maximum Gasteiger partial charge on any atom is 0.340 e. The van der Waals surface area contributed by atoms with Gasteiger partial charge in [0.2, 0.25) is 5.75 Å². The minimum atomic E-state index is -1.07. The second-order valence-electron chi connectivity index (χ2n) is 12.2. The Morgan fingerprint density at radius 2 is 1.60 bits per heavy atom. The second kappa shape index (κ2) is 19.0. The third-order valence-electron chi connectivity index (χ3n) is 7.95. The highest BCUT2D eigenvalue weighted by atomic mass is 16.5. The van der Waals surface area contributed by atoms with E-state index >= 15 is 0 Å². The summed E-state index contributed by atoms with van der Waals surface area (Å²) >= 11 is 0. The molecule has 0 spiro atoms. The number of carbonyl (C=O) groups is 3. The molecule has 0 radical (unpaired) electrons. The summed E-state index contributed by atoms with van der Waals surface area (Å²) in [6.07, 6.45) is 8.01. The Labute approximate surface area is 279 Å². The van der Waals surface area contributed by atoms with Gasteiger partial charge in [0, 0.05) is 76.0 Å². The summed E-state index contributed by atoms with van der Waals surface area (Å²) in [6, 6.07) is 3.90. The van der Waals surface area contributed by atoms with Crippen LogP contribution < -0.4 is 14.2 Å². The quantitative estimate of drug-likeness (QED) is 0.0714. The topological polar surface area (TPSA) is 125 Å². The van der Waals surface area contributed by atoms with Crippen LogP contribution in [0.15, 0.2) is 28.8 Å². The normalized spacial score (nSPS) is 14.8. The number of aliphatic imine (C=N–C) groups is 1. The molecule has 0 saturated carbocycles. The molecule has 0 aromatic heterocycles. The highest BCUT2D eigenvalue weighted by Crippen LogP contribution is 2.40. The Morgan fingerprint density at radius 1 is 0.936 bits per heavy atom. The zero-order valence-corrected chi connectivity index (χ0v) is 29.2. The van der Waals surface area contributed by atoms with Gasteiger partial charge in [0.25, 0.3) is 0 Å². The first-order valence-electron chi connectivity index (χ1n) is 15.7. The number of allylic oxidation sites excluding steroid dienone is 1. The van der Waals surface area contributed by atoms with Crippen molar-refractivity contribution in [2.24, 2.45) is 4.99 Å². The SMILES string of the molecule is C#C/C=C(\C=N/C)C(=O)OCCCOC(=O)CCC(=O)C(C)(C)OCC(C)(C)N1CCN(Cc2ccc(OC)c(OC)c2OC)CC1. The predicted octanol–water partition coefficient (Wildman–Crippen LogP) is 3.49. The molecule has 1 heterocycles. The molecule has 0 bridgehead atoms. The van der Waals surface area contributed by atoms with E-state index in [1.807, 2.05) is 12.1 Å². The standard InChI is InChI=1S/C35H51N3O9/c1-10-12-26(23-36-6)33(41)46-22-11-21-45-30(40)16-15-29(39)35(4,5)47-25-34(2,3)38-19-17-37(18-20-38)24-27-13-14-28(42-7)32(44-9)31(27)43-8/h1,12-14,23H,11,15-22,24-25H2,2-9H3/b26-12+,36-23-. The van der Waals surface area contributed by atoms with Crippen molar-refractivity contribution >= 4 is 23.9 Å². The van der Waals surface area contributed by atoms with Crippen molar-refractivity contribution in [3.05, 3.63) is 29.3 Å². The van der Waals surface area contributed by atoms with E-state index < -0.39 is 17.5 Å². The van der Waals surface area contributed by atoms with Gasteiger partial charge in [-0.25, -0.2) is 4.79 Å². The zero-order valence-electron chi connectivity index (χ0n) is 29.2. The van der Waals surface area contributed by atoms with Crippen molar-refractivity contribution in [1.82, 2.24) is 9.80 Å². The lowest BCUT2D eigenvalue weighted by molar-refractivity contribution is -0.151. The number of ketones is 1. The molecule has 0 N–H and O–H groups in total. The van der Waals surface area contributed by atoms with Crippen LogP contribution in [0.25, 0.3) is 0 Å². The number of carbonyl (C=O) groups excluding carboxylic acids is 3. The van der Waals surface area contributed by atoms with Crippen LogP contribution in [0.1, 0.15) is 52.5 Å². The molecule has 260 valence electrons. The summed E-state index contributed by atoms with van der Waals surface area (Å²) in [4.78, 5) is 45.7.